The number of carbonyl (C=O) groups is 1. The Morgan fingerprint density at radius 2 is 1.90 bits per heavy atom. The van der Waals surface area contributed by atoms with E-state index in [1.54, 1.807) is 17.8 Å². The standard InChI is InChI=1S/C21H21Br2NO3S2/c1-3-5-17(28-21(23)14(2)15-8-10-16(22)11-9-15)6-4-7-18(25)19-12-13-20(29-19)24(26)27/h5,8-13H,3-4,6-7H2,1-2H3/b17-5-,21-14+. The quantitative estimate of drug-likeness (QED) is 0.166. The highest BCUT2D eigenvalue weighted by atomic mass is 79.9. The minimum absolute atomic E-state index is 0.00737. The summed E-state index contributed by atoms with van der Waals surface area (Å²) in [6, 6.07) is 11.1. The predicted molar refractivity (Wildman–Crippen MR) is 131 cm³/mol. The van der Waals surface area contributed by atoms with Gasteiger partial charge in [-0.05, 0) is 76.4 Å². The van der Waals surface area contributed by atoms with Gasteiger partial charge >= 0.3 is 5.00 Å². The summed E-state index contributed by atoms with van der Waals surface area (Å²) >= 11 is 9.78. The Labute approximate surface area is 195 Å². The lowest BCUT2D eigenvalue weighted by Gasteiger charge is -2.10. The van der Waals surface area contributed by atoms with Gasteiger partial charge in [-0.2, -0.15) is 0 Å². The van der Waals surface area contributed by atoms with E-state index in [0.29, 0.717) is 17.7 Å². The van der Waals surface area contributed by atoms with Crippen molar-refractivity contribution < 1.29 is 9.72 Å². The number of allylic oxidation sites excluding steroid dienone is 3. The smallest absolute Gasteiger partial charge is 0.293 e. The third kappa shape index (κ3) is 7.51. The summed E-state index contributed by atoms with van der Waals surface area (Å²) in [6.07, 6.45) is 4.99. The molecule has 154 valence electrons. The van der Waals surface area contributed by atoms with Crippen LogP contribution >= 0.6 is 55.0 Å². The molecule has 8 heteroatoms. The molecule has 4 nitrogen and oxygen atoms in total. The Morgan fingerprint density at radius 1 is 1.21 bits per heavy atom. The predicted octanol–water partition coefficient (Wildman–Crippen LogP) is 8.58. The zero-order chi connectivity index (χ0) is 21.4. The SMILES string of the molecule is CC/C=C(/CCCC(=O)c1ccc([N+](=O)[O-])s1)S/C(Br)=C(\C)c1ccc(Br)cc1. The first-order valence-electron chi connectivity index (χ1n) is 9.08. The van der Waals surface area contributed by atoms with Crippen LogP contribution in [0.15, 0.2) is 55.7 Å². The second kappa shape index (κ2) is 11.8. The molecule has 29 heavy (non-hydrogen) atoms. The van der Waals surface area contributed by atoms with Crippen molar-refractivity contribution in [3.63, 3.8) is 0 Å². The fraction of sp³-hybridized carbons (Fsp3) is 0.286. The molecule has 0 bridgehead atoms. The zero-order valence-corrected chi connectivity index (χ0v) is 20.9. The molecule has 0 atom stereocenters. The van der Waals surface area contributed by atoms with Gasteiger partial charge in [-0.3, -0.25) is 14.9 Å². The molecule has 1 aromatic heterocycles. The lowest BCUT2D eigenvalue weighted by atomic mass is 10.1. The first-order valence-corrected chi connectivity index (χ1v) is 12.3. The van der Waals surface area contributed by atoms with Crippen molar-refractivity contribution in [3.8, 4) is 0 Å². The largest absolute Gasteiger partial charge is 0.324 e. The lowest BCUT2D eigenvalue weighted by Crippen LogP contribution is -1.96. The Bertz CT molecular complexity index is 934. The molecule has 2 rings (SSSR count). The Kier molecular flexibility index (Phi) is 9.82. The molecule has 0 N–H and O–H groups in total. The van der Waals surface area contributed by atoms with Gasteiger partial charge in [0.25, 0.3) is 0 Å². The molecule has 0 spiro atoms. The molecule has 0 saturated heterocycles. The van der Waals surface area contributed by atoms with Crippen LogP contribution in [-0.4, -0.2) is 10.7 Å². The average molecular weight is 559 g/mol. The van der Waals surface area contributed by atoms with Gasteiger partial charge in [0.15, 0.2) is 5.78 Å². The maximum absolute atomic E-state index is 12.3. The Morgan fingerprint density at radius 3 is 2.48 bits per heavy atom. The highest BCUT2D eigenvalue weighted by molar-refractivity contribution is 9.14. The molecule has 0 saturated carbocycles. The summed E-state index contributed by atoms with van der Waals surface area (Å²) in [5.74, 6) is -0.0374. The molecule has 0 unspecified atom stereocenters. The fourth-order valence-electron chi connectivity index (χ4n) is 2.55. The Balaban J connectivity index is 1.96. The molecule has 0 radical (unpaired) electrons. The first-order chi connectivity index (χ1) is 13.8. The van der Waals surface area contributed by atoms with Crippen LogP contribution in [0.25, 0.3) is 5.57 Å². The van der Waals surface area contributed by atoms with Crippen molar-refractivity contribution in [2.24, 2.45) is 0 Å². The van der Waals surface area contributed by atoms with Crippen LogP contribution in [-0.2, 0) is 0 Å². The number of hydrogen-bond donors (Lipinski definition) is 0. The summed E-state index contributed by atoms with van der Waals surface area (Å²) in [5.41, 5.74) is 2.31. The highest BCUT2D eigenvalue weighted by Gasteiger charge is 2.15. The summed E-state index contributed by atoms with van der Waals surface area (Å²) in [6.45, 7) is 4.17. The number of halogens is 2. The summed E-state index contributed by atoms with van der Waals surface area (Å²) in [7, 11) is 0. The first kappa shape index (κ1) is 24.1. The van der Waals surface area contributed by atoms with Gasteiger partial charge in [0.05, 0.1) is 13.6 Å². The molecular weight excluding hydrogens is 538 g/mol. The van der Waals surface area contributed by atoms with E-state index in [9.17, 15) is 14.9 Å². The number of nitro groups is 1. The van der Waals surface area contributed by atoms with Gasteiger partial charge < -0.3 is 0 Å². The van der Waals surface area contributed by atoms with Gasteiger partial charge in [0.2, 0.25) is 0 Å². The van der Waals surface area contributed by atoms with Crippen molar-refractivity contribution >= 4 is 71.3 Å². The minimum Gasteiger partial charge on any atom is -0.293 e. The van der Waals surface area contributed by atoms with E-state index < -0.39 is 4.92 Å². The van der Waals surface area contributed by atoms with Crippen molar-refractivity contribution in [1.82, 2.24) is 0 Å². The van der Waals surface area contributed by atoms with E-state index in [2.05, 4.69) is 63.9 Å². The monoisotopic (exact) mass is 557 g/mol. The second-order valence-electron chi connectivity index (χ2n) is 6.26. The average Bonchev–Trinajstić information content (AvgIpc) is 3.18. The molecular formula is C21H21Br2NO3S2. The third-order valence-corrected chi connectivity index (χ3v) is 7.90. The fourth-order valence-corrected chi connectivity index (χ4v) is 5.45. The number of carbonyl (C=O) groups excluding carboxylic acids is 1. The van der Waals surface area contributed by atoms with Crippen LogP contribution in [0.5, 0.6) is 0 Å². The van der Waals surface area contributed by atoms with Gasteiger partial charge in [0.1, 0.15) is 0 Å². The van der Waals surface area contributed by atoms with E-state index in [1.165, 1.54) is 11.0 Å². The van der Waals surface area contributed by atoms with Crippen molar-refractivity contribution in [3.05, 3.63) is 76.2 Å². The van der Waals surface area contributed by atoms with E-state index in [-0.39, 0.29) is 10.8 Å². The van der Waals surface area contributed by atoms with Crippen molar-refractivity contribution in [1.29, 1.82) is 0 Å². The summed E-state index contributed by atoms with van der Waals surface area (Å²) < 4.78 is 2.10. The molecule has 0 fully saturated rings. The number of nitrogens with zero attached hydrogens (tertiary/aromatic N) is 1. The summed E-state index contributed by atoms with van der Waals surface area (Å²) in [4.78, 5) is 24.3. The third-order valence-electron chi connectivity index (χ3n) is 4.10. The highest BCUT2D eigenvalue weighted by Crippen LogP contribution is 2.39. The van der Waals surface area contributed by atoms with Crippen LogP contribution in [0, 0.1) is 10.1 Å². The van der Waals surface area contributed by atoms with Gasteiger partial charge in [-0.15, -0.1) is 0 Å². The van der Waals surface area contributed by atoms with Crippen molar-refractivity contribution in [2.45, 2.75) is 39.5 Å². The van der Waals surface area contributed by atoms with Crippen LogP contribution in [0.3, 0.4) is 0 Å². The Hall–Kier alpha value is -1.22. The zero-order valence-electron chi connectivity index (χ0n) is 16.1. The maximum Gasteiger partial charge on any atom is 0.324 e. The molecule has 0 aliphatic rings. The number of thiophene rings is 1. The minimum atomic E-state index is -0.461. The van der Waals surface area contributed by atoms with Gasteiger partial charge in [-0.1, -0.05) is 64.2 Å². The lowest BCUT2D eigenvalue weighted by molar-refractivity contribution is -0.380. The number of rotatable bonds is 10. The van der Waals surface area contributed by atoms with Gasteiger partial charge in [-0.25, -0.2) is 0 Å². The molecule has 2 aromatic rings. The molecule has 0 amide bonds. The van der Waals surface area contributed by atoms with E-state index in [0.717, 1.165) is 43.6 Å². The molecule has 1 aromatic carbocycles. The molecule has 0 aliphatic carbocycles. The van der Waals surface area contributed by atoms with E-state index >= 15 is 0 Å². The van der Waals surface area contributed by atoms with Crippen LogP contribution < -0.4 is 0 Å². The second-order valence-corrected chi connectivity index (χ2v) is 10.7. The normalized spacial score (nSPS) is 12.6. The van der Waals surface area contributed by atoms with Crippen LogP contribution in [0.1, 0.15) is 54.8 Å². The number of thioether (sulfide) groups is 1. The van der Waals surface area contributed by atoms with E-state index in [1.807, 2.05) is 12.1 Å². The number of ketones is 1. The number of hydrogen-bond acceptors (Lipinski definition) is 5. The van der Waals surface area contributed by atoms with Crippen LogP contribution in [0.2, 0.25) is 0 Å². The number of benzene rings is 1. The molecule has 0 aliphatic heterocycles. The van der Waals surface area contributed by atoms with Crippen LogP contribution in [0.4, 0.5) is 5.00 Å². The maximum atomic E-state index is 12.3. The number of Topliss-reactive ketones (excluding diaryl/α,β-unsaturated/α-hetero) is 1. The molecule has 1 heterocycles. The van der Waals surface area contributed by atoms with Gasteiger partial charge in [0, 0.05) is 17.0 Å². The van der Waals surface area contributed by atoms with E-state index in [4.69, 9.17) is 0 Å². The topological polar surface area (TPSA) is 60.2 Å². The summed E-state index contributed by atoms with van der Waals surface area (Å²) in [5, 5.41) is 10.8. The van der Waals surface area contributed by atoms with Crippen molar-refractivity contribution in [2.75, 3.05) is 0 Å².